The van der Waals surface area contributed by atoms with Crippen molar-refractivity contribution in [2.45, 2.75) is 38.0 Å². The Bertz CT molecular complexity index is 576. The summed E-state index contributed by atoms with van der Waals surface area (Å²) in [6, 6.07) is 8.18. The van der Waals surface area contributed by atoms with Crippen molar-refractivity contribution >= 4 is 15.5 Å². The number of rotatable bonds is 3. The fraction of sp³-hybridized carbons (Fsp3) is 0.600. The van der Waals surface area contributed by atoms with Gasteiger partial charge in [-0.15, -0.1) is 0 Å². The monoisotopic (exact) mass is 296 g/mol. The van der Waals surface area contributed by atoms with Crippen molar-refractivity contribution in [1.29, 1.82) is 0 Å². The predicted molar refractivity (Wildman–Crippen MR) is 83.9 cm³/mol. The van der Waals surface area contributed by atoms with Crippen molar-refractivity contribution in [3.63, 3.8) is 0 Å². The molecule has 0 aliphatic carbocycles. The number of fused-ring (bicyclic) bond motifs is 1. The molecule has 0 saturated carbocycles. The van der Waals surface area contributed by atoms with Gasteiger partial charge < -0.3 is 10.6 Å². The van der Waals surface area contributed by atoms with Gasteiger partial charge in [0.25, 0.3) is 0 Å². The molecule has 5 heteroatoms. The molecule has 1 aliphatic rings. The maximum Gasteiger partial charge on any atom is 0.156 e. The first kappa shape index (κ1) is 15.3. The standard InChI is InChI=1S/C15H24N2O2S/c1-15(2,3)20(18,19)9-8-17-11-13(16)10-12-6-4-5-7-14(12)17/h4-7,13H,8-11,16H2,1-3H3. The van der Waals surface area contributed by atoms with Crippen LogP contribution in [-0.4, -0.2) is 38.0 Å². The topological polar surface area (TPSA) is 63.4 Å². The molecule has 0 fully saturated rings. The molecule has 1 aromatic rings. The summed E-state index contributed by atoms with van der Waals surface area (Å²) in [5, 5.41) is 0. The van der Waals surface area contributed by atoms with Gasteiger partial charge in [0.1, 0.15) is 0 Å². The van der Waals surface area contributed by atoms with Gasteiger partial charge in [0.05, 0.1) is 10.5 Å². The van der Waals surface area contributed by atoms with Crippen LogP contribution in [0, 0.1) is 0 Å². The number of para-hydroxylation sites is 1. The zero-order valence-corrected chi connectivity index (χ0v) is 13.3. The summed E-state index contributed by atoms with van der Waals surface area (Å²) < 4.78 is 23.8. The van der Waals surface area contributed by atoms with Crippen molar-refractivity contribution in [2.75, 3.05) is 23.7 Å². The van der Waals surface area contributed by atoms with E-state index >= 15 is 0 Å². The minimum Gasteiger partial charge on any atom is -0.369 e. The summed E-state index contributed by atoms with van der Waals surface area (Å²) in [6.45, 7) is 6.47. The number of sulfone groups is 1. The van der Waals surface area contributed by atoms with E-state index in [2.05, 4.69) is 11.0 Å². The van der Waals surface area contributed by atoms with E-state index < -0.39 is 14.6 Å². The minimum absolute atomic E-state index is 0.0715. The van der Waals surface area contributed by atoms with E-state index in [0.717, 1.165) is 18.7 Å². The third-order valence-corrected chi connectivity index (χ3v) is 6.42. The molecule has 2 N–H and O–H groups in total. The fourth-order valence-electron chi connectivity index (χ4n) is 2.47. The maximum absolute atomic E-state index is 12.2. The molecule has 0 aromatic heterocycles. The van der Waals surface area contributed by atoms with E-state index in [0.29, 0.717) is 6.54 Å². The smallest absolute Gasteiger partial charge is 0.156 e. The fourth-order valence-corrected chi connectivity index (χ4v) is 3.54. The van der Waals surface area contributed by atoms with E-state index in [1.807, 2.05) is 18.2 Å². The van der Waals surface area contributed by atoms with Crippen molar-refractivity contribution in [3.8, 4) is 0 Å². The zero-order valence-electron chi connectivity index (χ0n) is 12.5. The number of hydrogen-bond donors (Lipinski definition) is 1. The Balaban J connectivity index is 2.15. The molecular formula is C15H24N2O2S. The second-order valence-corrected chi connectivity index (χ2v) is 9.33. The predicted octanol–water partition coefficient (Wildman–Crippen LogP) is 1.59. The molecule has 0 radical (unpaired) electrons. The molecule has 1 heterocycles. The maximum atomic E-state index is 12.2. The van der Waals surface area contributed by atoms with Crippen LogP contribution in [0.3, 0.4) is 0 Å². The zero-order chi connectivity index (χ0) is 15.0. The number of anilines is 1. The van der Waals surface area contributed by atoms with Crippen LogP contribution in [0.4, 0.5) is 5.69 Å². The molecule has 1 unspecified atom stereocenters. The lowest BCUT2D eigenvalue weighted by Gasteiger charge is -2.35. The summed E-state index contributed by atoms with van der Waals surface area (Å²) in [5.74, 6) is 0.164. The van der Waals surface area contributed by atoms with Gasteiger partial charge in [0.2, 0.25) is 0 Å². The normalized spacial score (nSPS) is 19.8. The van der Waals surface area contributed by atoms with Crippen molar-refractivity contribution in [1.82, 2.24) is 0 Å². The van der Waals surface area contributed by atoms with E-state index in [1.54, 1.807) is 20.8 Å². The highest BCUT2D eigenvalue weighted by Gasteiger charge is 2.30. The van der Waals surface area contributed by atoms with Gasteiger partial charge in [0, 0.05) is 24.8 Å². The van der Waals surface area contributed by atoms with Crippen LogP contribution < -0.4 is 10.6 Å². The van der Waals surface area contributed by atoms with E-state index in [4.69, 9.17) is 5.73 Å². The molecule has 1 aliphatic heterocycles. The summed E-state index contributed by atoms with van der Waals surface area (Å²) in [7, 11) is -3.10. The van der Waals surface area contributed by atoms with Gasteiger partial charge in [0.15, 0.2) is 9.84 Å². The molecule has 4 nitrogen and oxygen atoms in total. The molecule has 0 saturated heterocycles. The van der Waals surface area contributed by atoms with E-state index in [-0.39, 0.29) is 11.8 Å². The van der Waals surface area contributed by atoms with Crippen molar-refractivity contribution in [3.05, 3.63) is 29.8 Å². The highest BCUT2D eigenvalue weighted by molar-refractivity contribution is 7.92. The molecule has 0 bridgehead atoms. The highest BCUT2D eigenvalue weighted by Crippen LogP contribution is 2.26. The van der Waals surface area contributed by atoms with Crippen LogP contribution in [-0.2, 0) is 16.3 Å². The summed E-state index contributed by atoms with van der Waals surface area (Å²) in [6.07, 6.45) is 0.860. The quantitative estimate of drug-likeness (QED) is 0.920. The first-order chi connectivity index (χ1) is 9.21. The summed E-state index contributed by atoms with van der Waals surface area (Å²) in [5.41, 5.74) is 8.41. The third-order valence-electron chi connectivity index (χ3n) is 3.83. The Labute approximate surface area is 121 Å². The Morgan fingerprint density at radius 3 is 2.60 bits per heavy atom. The minimum atomic E-state index is -3.10. The summed E-state index contributed by atoms with van der Waals surface area (Å²) >= 11 is 0. The number of benzene rings is 1. The first-order valence-corrected chi connectivity index (χ1v) is 8.67. The molecule has 112 valence electrons. The molecular weight excluding hydrogens is 272 g/mol. The Morgan fingerprint density at radius 1 is 1.30 bits per heavy atom. The molecule has 0 spiro atoms. The summed E-state index contributed by atoms with van der Waals surface area (Å²) in [4.78, 5) is 2.10. The second kappa shape index (κ2) is 5.37. The highest BCUT2D eigenvalue weighted by atomic mass is 32.2. The number of nitrogens with zero attached hydrogens (tertiary/aromatic N) is 1. The Hall–Kier alpha value is -1.07. The van der Waals surface area contributed by atoms with Crippen LogP contribution >= 0.6 is 0 Å². The van der Waals surface area contributed by atoms with Crippen LogP contribution in [0.15, 0.2) is 24.3 Å². The van der Waals surface area contributed by atoms with Crippen molar-refractivity contribution in [2.24, 2.45) is 5.73 Å². The van der Waals surface area contributed by atoms with Gasteiger partial charge in [-0.05, 0) is 38.8 Å². The van der Waals surface area contributed by atoms with E-state index in [1.165, 1.54) is 5.56 Å². The van der Waals surface area contributed by atoms with Gasteiger partial charge in [-0.3, -0.25) is 0 Å². The van der Waals surface area contributed by atoms with Gasteiger partial charge in [-0.2, -0.15) is 0 Å². The van der Waals surface area contributed by atoms with Crippen LogP contribution in [0.5, 0.6) is 0 Å². The van der Waals surface area contributed by atoms with Gasteiger partial charge in [-0.1, -0.05) is 18.2 Å². The molecule has 20 heavy (non-hydrogen) atoms. The lowest BCUT2D eigenvalue weighted by molar-refractivity contribution is 0.554. The van der Waals surface area contributed by atoms with Crippen molar-refractivity contribution < 1.29 is 8.42 Å². The van der Waals surface area contributed by atoms with Crippen LogP contribution in [0.1, 0.15) is 26.3 Å². The average molecular weight is 296 g/mol. The lowest BCUT2D eigenvalue weighted by Crippen LogP contribution is -2.46. The molecule has 1 atom stereocenters. The van der Waals surface area contributed by atoms with Gasteiger partial charge >= 0.3 is 0 Å². The second-order valence-electron chi connectivity index (χ2n) is 6.47. The van der Waals surface area contributed by atoms with E-state index in [9.17, 15) is 8.42 Å². The SMILES string of the molecule is CC(C)(C)S(=O)(=O)CCN1CC(N)Cc2ccccc21. The number of nitrogens with two attached hydrogens (primary N) is 1. The molecule has 0 amide bonds. The largest absolute Gasteiger partial charge is 0.369 e. The average Bonchev–Trinajstić information content (AvgIpc) is 2.34. The molecule has 1 aromatic carbocycles. The first-order valence-electron chi connectivity index (χ1n) is 7.01. The third kappa shape index (κ3) is 3.15. The lowest BCUT2D eigenvalue weighted by atomic mass is 9.99. The van der Waals surface area contributed by atoms with Crippen LogP contribution in [0.25, 0.3) is 0 Å². The Morgan fingerprint density at radius 2 is 1.95 bits per heavy atom. The van der Waals surface area contributed by atoms with Crippen LogP contribution in [0.2, 0.25) is 0 Å². The molecule has 2 rings (SSSR count). The Kier molecular flexibility index (Phi) is 4.12. The number of hydrogen-bond acceptors (Lipinski definition) is 4. The van der Waals surface area contributed by atoms with Gasteiger partial charge in [-0.25, -0.2) is 8.42 Å².